The monoisotopic (exact) mass is 286 g/mol. The van der Waals surface area contributed by atoms with Crippen LogP contribution in [0.25, 0.3) is 0 Å². The van der Waals surface area contributed by atoms with Gasteiger partial charge in [-0.25, -0.2) is 9.59 Å². The van der Waals surface area contributed by atoms with Crippen LogP contribution in [-0.2, 0) is 14.3 Å². The van der Waals surface area contributed by atoms with Crippen LogP contribution in [0.15, 0.2) is 0 Å². The molecule has 1 fully saturated rings. The maximum Gasteiger partial charge on any atom is 0.408 e. The van der Waals surface area contributed by atoms with Crippen LogP contribution in [0.4, 0.5) is 4.79 Å². The molecular weight excluding hydrogens is 264 g/mol. The summed E-state index contributed by atoms with van der Waals surface area (Å²) in [4.78, 5) is 36.1. The van der Waals surface area contributed by atoms with Crippen molar-refractivity contribution in [2.45, 2.75) is 45.3 Å². The zero-order chi connectivity index (χ0) is 15.5. The van der Waals surface area contributed by atoms with Gasteiger partial charge in [0.05, 0.1) is 0 Å². The minimum atomic E-state index is -1.17. The molecule has 0 radical (unpaired) electrons. The highest BCUT2D eigenvalue weighted by Crippen LogP contribution is 2.21. The van der Waals surface area contributed by atoms with Crippen LogP contribution in [0.1, 0.15) is 33.6 Å². The van der Waals surface area contributed by atoms with E-state index >= 15 is 0 Å². The molecule has 0 aromatic heterocycles. The fourth-order valence-corrected chi connectivity index (χ4v) is 2.07. The van der Waals surface area contributed by atoms with E-state index in [1.54, 1.807) is 32.7 Å². The number of nitrogens with one attached hydrogen (secondary N) is 1. The van der Waals surface area contributed by atoms with Crippen LogP contribution in [0.3, 0.4) is 0 Å². The number of alkyl carbamates (subject to hydrolysis) is 1. The van der Waals surface area contributed by atoms with E-state index in [4.69, 9.17) is 9.84 Å². The zero-order valence-corrected chi connectivity index (χ0v) is 12.3. The Bertz CT molecular complexity index is 402. The average molecular weight is 286 g/mol. The number of carbonyl (C=O) groups excluding carboxylic acids is 2. The number of carbonyl (C=O) groups is 3. The Balaban J connectivity index is 2.60. The summed E-state index contributed by atoms with van der Waals surface area (Å²) in [5.74, 6) is -1.61. The summed E-state index contributed by atoms with van der Waals surface area (Å²) in [7, 11) is 1.68. The predicted molar refractivity (Wildman–Crippen MR) is 71.2 cm³/mol. The van der Waals surface area contributed by atoms with Crippen molar-refractivity contribution in [3.05, 3.63) is 0 Å². The van der Waals surface area contributed by atoms with Gasteiger partial charge in [-0.1, -0.05) is 0 Å². The Morgan fingerprint density at radius 2 is 2.10 bits per heavy atom. The van der Waals surface area contributed by atoms with Gasteiger partial charge in [0, 0.05) is 19.5 Å². The summed E-state index contributed by atoms with van der Waals surface area (Å²) in [6.45, 7) is 5.69. The Hall–Kier alpha value is -1.79. The largest absolute Gasteiger partial charge is 0.480 e. The highest BCUT2D eigenvalue weighted by Gasteiger charge is 2.34. The first-order valence-electron chi connectivity index (χ1n) is 6.57. The van der Waals surface area contributed by atoms with E-state index in [0.29, 0.717) is 13.0 Å². The number of hydrogen-bond acceptors (Lipinski definition) is 4. The maximum absolute atomic E-state index is 11.8. The fourth-order valence-electron chi connectivity index (χ4n) is 2.07. The first kappa shape index (κ1) is 16.3. The van der Waals surface area contributed by atoms with E-state index in [1.807, 2.05) is 0 Å². The van der Waals surface area contributed by atoms with Gasteiger partial charge < -0.3 is 20.1 Å². The van der Waals surface area contributed by atoms with E-state index in [9.17, 15) is 14.4 Å². The van der Waals surface area contributed by atoms with Gasteiger partial charge in [0.25, 0.3) is 0 Å². The standard InChI is InChI=1S/C13H22N2O5/c1-13(2,3)20-12(19)14-9(11(17)18)7-8-5-6-15(4)10(8)16/h8-9H,5-7H2,1-4H3,(H,14,19)(H,17,18)/t8-,9-/m0/s1. The number of amides is 2. The van der Waals surface area contributed by atoms with Crippen LogP contribution >= 0.6 is 0 Å². The second-order valence-electron chi connectivity index (χ2n) is 6.02. The third-order valence-corrected chi connectivity index (χ3v) is 3.05. The Morgan fingerprint density at radius 1 is 1.50 bits per heavy atom. The first-order chi connectivity index (χ1) is 9.10. The molecule has 2 amide bonds. The van der Waals surface area contributed by atoms with Crippen molar-refractivity contribution in [1.82, 2.24) is 10.2 Å². The lowest BCUT2D eigenvalue weighted by molar-refractivity contribution is -0.140. The molecule has 1 saturated heterocycles. The van der Waals surface area contributed by atoms with Crippen LogP contribution < -0.4 is 5.32 Å². The minimum Gasteiger partial charge on any atom is -0.480 e. The summed E-state index contributed by atoms with van der Waals surface area (Å²) < 4.78 is 5.02. The zero-order valence-electron chi connectivity index (χ0n) is 12.3. The van der Waals surface area contributed by atoms with Gasteiger partial charge >= 0.3 is 12.1 Å². The second kappa shape index (κ2) is 6.11. The highest BCUT2D eigenvalue weighted by molar-refractivity contribution is 5.83. The van der Waals surface area contributed by atoms with Gasteiger partial charge in [-0.3, -0.25) is 4.79 Å². The molecule has 0 unspecified atom stereocenters. The van der Waals surface area contributed by atoms with Crippen molar-refractivity contribution in [2.24, 2.45) is 5.92 Å². The number of carboxylic acid groups (broad SMARTS) is 1. The topological polar surface area (TPSA) is 95.9 Å². The summed E-state index contributed by atoms with van der Waals surface area (Å²) in [6.07, 6.45) is -0.101. The molecule has 20 heavy (non-hydrogen) atoms. The number of rotatable bonds is 4. The van der Waals surface area contributed by atoms with Crippen molar-refractivity contribution >= 4 is 18.0 Å². The molecule has 114 valence electrons. The molecule has 0 spiro atoms. The van der Waals surface area contributed by atoms with Crippen molar-refractivity contribution in [1.29, 1.82) is 0 Å². The molecule has 1 heterocycles. The van der Waals surface area contributed by atoms with Gasteiger partial charge in [-0.15, -0.1) is 0 Å². The normalized spacial score (nSPS) is 20.7. The van der Waals surface area contributed by atoms with Crippen molar-refractivity contribution in [2.75, 3.05) is 13.6 Å². The third kappa shape index (κ3) is 4.71. The van der Waals surface area contributed by atoms with Gasteiger partial charge in [-0.2, -0.15) is 0 Å². The number of likely N-dealkylation sites (tertiary alicyclic amines) is 1. The lowest BCUT2D eigenvalue weighted by Gasteiger charge is -2.22. The van der Waals surface area contributed by atoms with E-state index in [0.717, 1.165) is 0 Å². The number of nitrogens with zero attached hydrogens (tertiary/aromatic N) is 1. The Labute approximate surface area is 118 Å². The fraction of sp³-hybridized carbons (Fsp3) is 0.769. The van der Waals surface area contributed by atoms with Crippen LogP contribution in [0.5, 0.6) is 0 Å². The number of ether oxygens (including phenoxy) is 1. The van der Waals surface area contributed by atoms with Crippen LogP contribution in [0.2, 0.25) is 0 Å². The van der Waals surface area contributed by atoms with E-state index in [2.05, 4.69) is 5.32 Å². The lowest BCUT2D eigenvalue weighted by Crippen LogP contribution is -2.45. The van der Waals surface area contributed by atoms with Crippen molar-refractivity contribution in [3.8, 4) is 0 Å². The second-order valence-corrected chi connectivity index (χ2v) is 6.02. The molecule has 2 N–H and O–H groups in total. The molecule has 0 aromatic carbocycles. The average Bonchev–Trinajstić information content (AvgIpc) is 2.57. The molecule has 1 aliphatic heterocycles. The summed E-state index contributed by atoms with van der Waals surface area (Å²) in [5.41, 5.74) is -0.698. The third-order valence-electron chi connectivity index (χ3n) is 3.05. The quantitative estimate of drug-likeness (QED) is 0.798. The van der Waals surface area contributed by atoms with E-state index in [1.165, 1.54) is 0 Å². The summed E-state index contributed by atoms with van der Waals surface area (Å²) in [6, 6.07) is -1.12. The highest BCUT2D eigenvalue weighted by atomic mass is 16.6. The smallest absolute Gasteiger partial charge is 0.408 e. The summed E-state index contributed by atoms with van der Waals surface area (Å²) in [5, 5.41) is 11.4. The minimum absolute atomic E-state index is 0.0811. The van der Waals surface area contributed by atoms with E-state index in [-0.39, 0.29) is 18.2 Å². The molecule has 7 nitrogen and oxygen atoms in total. The van der Waals surface area contributed by atoms with Crippen molar-refractivity contribution < 1.29 is 24.2 Å². The molecule has 0 aromatic rings. The molecule has 7 heteroatoms. The van der Waals surface area contributed by atoms with Gasteiger partial charge in [0.2, 0.25) is 5.91 Å². The Kier molecular flexibility index (Phi) is 4.97. The molecule has 2 atom stereocenters. The summed E-state index contributed by atoms with van der Waals surface area (Å²) >= 11 is 0. The maximum atomic E-state index is 11.8. The molecule has 0 saturated carbocycles. The lowest BCUT2D eigenvalue weighted by atomic mass is 9.98. The van der Waals surface area contributed by atoms with Crippen LogP contribution in [0, 0.1) is 5.92 Å². The van der Waals surface area contributed by atoms with Crippen LogP contribution in [-0.4, -0.2) is 53.2 Å². The number of aliphatic carboxylic acids is 1. The SMILES string of the molecule is CN1CC[C@@H](C[C@H](NC(=O)OC(C)(C)C)C(=O)O)C1=O. The Morgan fingerprint density at radius 3 is 2.50 bits per heavy atom. The number of hydrogen-bond donors (Lipinski definition) is 2. The molecular formula is C13H22N2O5. The van der Waals surface area contributed by atoms with Gasteiger partial charge in [-0.05, 0) is 33.6 Å². The number of carboxylic acids is 1. The predicted octanol–water partition coefficient (Wildman–Crippen LogP) is 0.833. The van der Waals surface area contributed by atoms with Gasteiger partial charge in [0.1, 0.15) is 11.6 Å². The van der Waals surface area contributed by atoms with E-state index < -0.39 is 23.7 Å². The molecule has 0 bridgehead atoms. The van der Waals surface area contributed by atoms with Crippen molar-refractivity contribution in [3.63, 3.8) is 0 Å². The molecule has 1 aliphatic rings. The van der Waals surface area contributed by atoms with Gasteiger partial charge in [0.15, 0.2) is 0 Å². The first-order valence-corrected chi connectivity index (χ1v) is 6.57. The molecule has 0 aliphatic carbocycles. The molecule has 1 rings (SSSR count).